The van der Waals surface area contributed by atoms with Crippen molar-refractivity contribution >= 4 is 16.9 Å². The van der Waals surface area contributed by atoms with Crippen molar-refractivity contribution in [3.05, 3.63) is 68.1 Å². The predicted octanol–water partition coefficient (Wildman–Crippen LogP) is 3.18. The lowest BCUT2D eigenvalue weighted by atomic mass is 10.1. The van der Waals surface area contributed by atoms with Gasteiger partial charge in [-0.05, 0) is 32.8 Å². The molecule has 0 N–H and O–H groups in total. The first-order chi connectivity index (χ1) is 13.9. The van der Waals surface area contributed by atoms with E-state index in [-0.39, 0.29) is 17.3 Å². The van der Waals surface area contributed by atoms with Gasteiger partial charge in [-0.2, -0.15) is 4.98 Å². The van der Waals surface area contributed by atoms with Gasteiger partial charge in [0, 0.05) is 25.0 Å². The monoisotopic (exact) mass is 393 g/mol. The van der Waals surface area contributed by atoms with E-state index in [1.165, 1.54) is 9.13 Å². The Balaban J connectivity index is 2.07. The van der Waals surface area contributed by atoms with Gasteiger partial charge < -0.3 is 4.57 Å². The van der Waals surface area contributed by atoms with E-state index in [1.807, 2.05) is 43.4 Å². The lowest BCUT2D eigenvalue weighted by molar-refractivity contribution is 0.566. The maximum Gasteiger partial charge on any atom is 0.332 e. The second kappa shape index (κ2) is 7.06. The van der Waals surface area contributed by atoms with Crippen molar-refractivity contribution in [3.8, 4) is 0 Å². The number of aromatic nitrogens is 5. The zero-order valence-corrected chi connectivity index (χ0v) is 17.6. The summed E-state index contributed by atoms with van der Waals surface area (Å²) in [6.07, 6.45) is 1.70. The Bertz CT molecular complexity index is 1320. The molecule has 0 saturated heterocycles. The van der Waals surface area contributed by atoms with Gasteiger partial charge >= 0.3 is 5.69 Å². The molecule has 0 spiro atoms. The molecule has 0 fully saturated rings. The highest BCUT2D eigenvalue weighted by molar-refractivity contribution is 5.76. The number of hydrogen-bond donors (Lipinski definition) is 0. The minimum atomic E-state index is -0.311. The van der Waals surface area contributed by atoms with E-state index < -0.39 is 0 Å². The van der Waals surface area contributed by atoms with Crippen molar-refractivity contribution in [2.45, 2.75) is 53.1 Å². The minimum Gasteiger partial charge on any atom is -0.307 e. The Kier molecular flexibility index (Phi) is 4.68. The summed E-state index contributed by atoms with van der Waals surface area (Å²) < 4.78 is 6.89. The van der Waals surface area contributed by atoms with E-state index in [0.29, 0.717) is 23.5 Å². The lowest BCUT2D eigenvalue weighted by Gasteiger charge is -2.16. The van der Waals surface area contributed by atoms with Crippen molar-refractivity contribution in [2.75, 3.05) is 0 Å². The van der Waals surface area contributed by atoms with Crippen LogP contribution in [-0.2, 0) is 13.6 Å². The third-order valence-electron chi connectivity index (χ3n) is 5.96. The number of benzene rings is 1. The molecule has 29 heavy (non-hydrogen) atoms. The van der Waals surface area contributed by atoms with Gasteiger partial charge in [-0.3, -0.25) is 18.3 Å². The quantitative estimate of drug-likeness (QED) is 0.523. The Hall–Kier alpha value is -3.09. The fourth-order valence-electron chi connectivity index (χ4n) is 4.13. The number of nitrogens with zero attached hydrogens (tertiary/aromatic N) is 5. The summed E-state index contributed by atoms with van der Waals surface area (Å²) in [4.78, 5) is 30.8. The molecule has 0 aliphatic rings. The Labute approximate surface area is 168 Å². The van der Waals surface area contributed by atoms with Crippen LogP contribution in [0.4, 0.5) is 0 Å². The zero-order valence-electron chi connectivity index (χ0n) is 17.6. The molecule has 4 aromatic rings. The van der Waals surface area contributed by atoms with E-state index >= 15 is 0 Å². The van der Waals surface area contributed by atoms with Crippen molar-refractivity contribution in [1.82, 2.24) is 23.1 Å². The fourth-order valence-corrected chi connectivity index (χ4v) is 4.13. The molecule has 3 heterocycles. The molecule has 152 valence electrons. The summed E-state index contributed by atoms with van der Waals surface area (Å²) in [7, 11) is 1.69. The van der Waals surface area contributed by atoms with Crippen LogP contribution in [0.1, 0.15) is 49.7 Å². The SMILES string of the molecule is CCCCn1c(=O)c2c(nc3n(C(C)c4ccccc4)c(C)c(C)n23)n(C)c1=O. The van der Waals surface area contributed by atoms with Crippen LogP contribution in [0.2, 0.25) is 0 Å². The minimum absolute atomic E-state index is 0.0450. The van der Waals surface area contributed by atoms with Gasteiger partial charge in [-0.1, -0.05) is 43.7 Å². The van der Waals surface area contributed by atoms with E-state index in [2.05, 4.69) is 23.6 Å². The largest absolute Gasteiger partial charge is 0.332 e. The summed E-state index contributed by atoms with van der Waals surface area (Å²) in [5, 5.41) is 0. The fraction of sp³-hybridized carbons (Fsp3) is 0.409. The first-order valence-corrected chi connectivity index (χ1v) is 10.1. The van der Waals surface area contributed by atoms with Crippen LogP contribution >= 0.6 is 0 Å². The van der Waals surface area contributed by atoms with Crippen molar-refractivity contribution in [3.63, 3.8) is 0 Å². The third kappa shape index (κ3) is 2.75. The number of unbranched alkanes of at least 4 members (excludes halogenated alkanes) is 1. The van der Waals surface area contributed by atoms with Gasteiger partial charge in [0.15, 0.2) is 11.2 Å². The Morgan fingerprint density at radius 2 is 1.76 bits per heavy atom. The summed E-state index contributed by atoms with van der Waals surface area (Å²) >= 11 is 0. The number of imidazole rings is 2. The highest BCUT2D eigenvalue weighted by Gasteiger charge is 2.24. The lowest BCUT2D eigenvalue weighted by Crippen LogP contribution is -2.39. The second-order valence-corrected chi connectivity index (χ2v) is 7.70. The van der Waals surface area contributed by atoms with Gasteiger partial charge in [-0.15, -0.1) is 0 Å². The first kappa shape index (κ1) is 19.2. The molecule has 3 aromatic heterocycles. The van der Waals surface area contributed by atoms with Gasteiger partial charge in [0.2, 0.25) is 5.78 Å². The molecule has 1 atom stereocenters. The summed E-state index contributed by atoms with van der Waals surface area (Å²) in [6.45, 7) is 8.64. The molecule has 0 saturated carbocycles. The van der Waals surface area contributed by atoms with Gasteiger partial charge in [0.05, 0.1) is 6.04 Å². The average molecular weight is 393 g/mol. The van der Waals surface area contributed by atoms with E-state index in [1.54, 1.807) is 7.05 Å². The van der Waals surface area contributed by atoms with Crippen LogP contribution < -0.4 is 11.2 Å². The smallest absolute Gasteiger partial charge is 0.307 e. The molecular formula is C22H27N5O2. The molecule has 7 heteroatoms. The number of fused-ring (bicyclic) bond motifs is 3. The van der Waals surface area contributed by atoms with Crippen molar-refractivity contribution in [2.24, 2.45) is 7.05 Å². The predicted molar refractivity (Wildman–Crippen MR) is 115 cm³/mol. The normalized spacial score (nSPS) is 12.9. The first-order valence-electron chi connectivity index (χ1n) is 10.1. The summed E-state index contributed by atoms with van der Waals surface area (Å²) in [5.74, 6) is 0.687. The van der Waals surface area contributed by atoms with E-state index in [4.69, 9.17) is 4.98 Å². The maximum atomic E-state index is 13.3. The molecule has 0 aliphatic carbocycles. The van der Waals surface area contributed by atoms with Crippen LogP contribution in [-0.4, -0.2) is 23.1 Å². The maximum absolute atomic E-state index is 13.3. The van der Waals surface area contributed by atoms with Crippen LogP contribution in [0, 0.1) is 13.8 Å². The van der Waals surface area contributed by atoms with Gasteiger partial charge in [0.1, 0.15) is 0 Å². The van der Waals surface area contributed by atoms with Crippen LogP contribution in [0.15, 0.2) is 39.9 Å². The Morgan fingerprint density at radius 1 is 1.07 bits per heavy atom. The van der Waals surface area contributed by atoms with E-state index in [9.17, 15) is 9.59 Å². The summed E-state index contributed by atoms with van der Waals surface area (Å²) in [5.41, 5.74) is 3.50. The topological polar surface area (TPSA) is 66.2 Å². The molecule has 1 unspecified atom stereocenters. The second-order valence-electron chi connectivity index (χ2n) is 7.70. The summed E-state index contributed by atoms with van der Waals surface area (Å²) in [6, 6.07) is 10.3. The molecule has 0 aliphatic heterocycles. The molecule has 0 radical (unpaired) electrons. The van der Waals surface area contributed by atoms with Crippen LogP contribution in [0.3, 0.4) is 0 Å². The molecular weight excluding hydrogens is 366 g/mol. The van der Waals surface area contributed by atoms with Crippen molar-refractivity contribution in [1.29, 1.82) is 0 Å². The van der Waals surface area contributed by atoms with Crippen LogP contribution in [0.5, 0.6) is 0 Å². The zero-order chi connectivity index (χ0) is 20.9. The average Bonchev–Trinajstić information content (AvgIpc) is 3.22. The van der Waals surface area contributed by atoms with Gasteiger partial charge in [-0.25, -0.2) is 4.79 Å². The van der Waals surface area contributed by atoms with Crippen molar-refractivity contribution < 1.29 is 0 Å². The highest BCUT2D eigenvalue weighted by atomic mass is 16.2. The highest BCUT2D eigenvalue weighted by Crippen LogP contribution is 2.27. The van der Waals surface area contributed by atoms with Gasteiger partial charge in [0.25, 0.3) is 5.56 Å². The molecule has 0 bridgehead atoms. The number of aryl methyl sites for hydroxylation is 2. The standard InChI is InChI=1S/C22H27N5O2/c1-6-7-13-25-20(28)18-19(24(5)22(25)29)23-21-26(14(2)15(3)27(18)21)16(4)17-11-9-8-10-12-17/h8-12,16H,6-7,13H2,1-5H3. The Morgan fingerprint density at radius 3 is 2.41 bits per heavy atom. The molecule has 0 amide bonds. The molecule has 1 aromatic carbocycles. The number of rotatable bonds is 5. The molecule has 7 nitrogen and oxygen atoms in total. The third-order valence-corrected chi connectivity index (χ3v) is 5.96. The number of hydrogen-bond acceptors (Lipinski definition) is 3. The molecule has 4 rings (SSSR count). The van der Waals surface area contributed by atoms with Crippen LogP contribution in [0.25, 0.3) is 16.9 Å². The van der Waals surface area contributed by atoms with E-state index in [0.717, 1.165) is 29.8 Å².